The Labute approximate surface area is 153 Å². The first kappa shape index (κ1) is 16.8. The Balaban J connectivity index is 1.97. The van der Waals surface area contributed by atoms with Crippen LogP contribution >= 0.6 is 0 Å². The van der Waals surface area contributed by atoms with E-state index in [2.05, 4.69) is 6.58 Å². The summed E-state index contributed by atoms with van der Waals surface area (Å²) in [5.74, 6) is -1.61. The molecule has 27 heavy (non-hydrogen) atoms. The lowest BCUT2D eigenvalue weighted by Gasteiger charge is -2.10. The molecule has 0 radical (unpaired) electrons. The molecule has 2 aromatic carbocycles. The molecule has 1 atom stereocenters. The van der Waals surface area contributed by atoms with E-state index in [4.69, 9.17) is 9.15 Å². The Morgan fingerprint density at radius 2 is 1.85 bits per heavy atom. The second kappa shape index (κ2) is 5.70. The van der Waals surface area contributed by atoms with Crippen molar-refractivity contribution < 1.29 is 29.6 Å². The normalized spacial score (nSPS) is 15.5. The molecule has 1 aromatic heterocycles. The molecule has 1 aliphatic rings. The largest absolute Gasteiger partial charge is 0.507 e. The van der Waals surface area contributed by atoms with Crippen LogP contribution in [0.25, 0.3) is 22.3 Å². The summed E-state index contributed by atoms with van der Waals surface area (Å²) in [6.45, 7) is 5.65. The van der Waals surface area contributed by atoms with Crippen LogP contribution < -0.4 is 10.2 Å². The molecule has 1 unspecified atom stereocenters. The third kappa shape index (κ3) is 2.47. The number of hydrogen-bond acceptors (Lipinski definition) is 7. The van der Waals surface area contributed by atoms with Gasteiger partial charge in [0, 0.05) is 23.6 Å². The maximum atomic E-state index is 12.7. The highest BCUT2D eigenvalue weighted by atomic mass is 16.5. The van der Waals surface area contributed by atoms with E-state index in [0.29, 0.717) is 17.7 Å². The van der Waals surface area contributed by atoms with Crippen molar-refractivity contribution in [3.05, 3.63) is 52.2 Å². The molecule has 0 spiro atoms. The fourth-order valence-electron chi connectivity index (χ4n) is 3.16. The zero-order valence-corrected chi connectivity index (χ0v) is 14.3. The number of rotatable bonds is 2. The summed E-state index contributed by atoms with van der Waals surface area (Å²) in [5, 5.41) is 39.8. The molecule has 0 saturated carbocycles. The summed E-state index contributed by atoms with van der Waals surface area (Å²) in [4.78, 5) is 12.7. The van der Waals surface area contributed by atoms with Gasteiger partial charge in [0.2, 0.25) is 11.2 Å². The summed E-state index contributed by atoms with van der Waals surface area (Å²) >= 11 is 0. The van der Waals surface area contributed by atoms with Crippen LogP contribution in [0.5, 0.6) is 28.7 Å². The Kier molecular flexibility index (Phi) is 3.56. The summed E-state index contributed by atoms with van der Waals surface area (Å²) in [6.07, 6.45) is 0.0418. The third-order valence-electron chi connectivity index (χ3n) is 4.64. The van der Waals surface area contributed by atoms with Crippen LogP contribution in [0.2, 0.25) is 0 Å². The van der Waals surface area contributed by atoms with Gasteiger partial charge in [-0.3, -0.25) is 4.79 Å². The number of aromatic hydroxyl groups is 4. The standard InChI is InChI=1S/C20H16O7/c1-8(2)13-6-10-14(26-13)7-15-16(17(10)23)18(24)19(25)20(27-15)9-3-4-11(21)12(22)5-9/h3-5,7,13,21-23,25H,1,6H2,2H3. The molecule has 7 heteroatoms. The first-order valence-corrected chi connectivity index (χ1v) is 8.17. The molecule has 0 aliphatic carbocycles. The average Bonchev–Trinajstić information content (AvgIpc) is 3.05. The highest BCUT2D eigenvalue weighted by Crippen LogP contribution is 2.43. The Morgan fingerprint density at radius 3 is 2.52 bits per heavy atom. The van der Waals surface area contributed by atoms with Crippen molar-refractivity contribution in [3.8, 4) is 40.1 Å². The molecule has 4 N–H and O–H groups in total. The van der Waals surface area contributed by atoms with E-state index in [1.54, 1.807) is 6.92 Å². The van der Waals surface area contributed by atoms with Crippen LogP contribution in [-0.4, -0.2) is 26.5 Å². The van der Waals surface area contributed by atoms with E-state index < -0.39 is 16.9 Å². The van der Waals surface area contributed by atoms with Crippen LogP contribution in [0, 0.1) is 0 Å². The molecule has 138 valence electrons. The highest BCUT2D eigenvalue weighted by Gasteiger charge is 2.30. The van der Waals surface area contributed by atoms with Crippen molar-refractivity contribution in [1.82, 2.24) is 0 Å². The molecule has 0 bridgehead atoms. The SMILES string of the molecule is C=C(C)C1Cc2c(cc3oc(-c4ccc(O)c(O)c4)c(O)c(=O)c3c2O)O1. The number of phenolic OH excluding ortho intramolecular Hbond substituents is 3. The molecule has 0 fully saturated rings. The van der Waals surface area contributed by atoms with Gasteiger partial charge in [0.1, 0.15) is 28.6 Å². The average molecular weight is 368 g/mol. The molecule has 3 aromatic rings. The van der Waals surface area contributed by atoms with Crippen LogP contribution in [0.4, 0.5) is 0 Å². The van der Waals surface area contributed by atoms with Gasteiger partial charge in [-0.05, 0) is 30.7 Å². The van der Waals surface area contributed by atoms with Gasteiger partial charge < -0.3 is 29.6 Å². The third-order valence-corrected chi connectivity index (χ3v) is 4.64. The van der Waals surface area contributed by atoms with Crippen LogP contribution in [-0.2, 0) is 6.42 Å². The minimum atomic E-state index is -0.808. The molecule has 2 heterocycles. The maximum absolute atomic E-state index is 12.7. The van der Waals surface area contributed by atoms with Crippen molar-refractivity contribution in [1.29, 1.82) is 0 Å². The Bertz CT molecular complexity index is 1170. The van der Waals surface area contributed by atoms with E-state index in [1.807, 2.05) is 0 Å². The quantitative estimate of drug-likeness (QED) is 0.405. The summed E-state index contributed by atoms with van der Waals surface area (Å²) in [7, 11) is 0. The number of hydrogen-bond donors (Lipinski definition) is 4. The minimum absolute atomic E-state index is 0.0268. The molecule has 1 aliphatic heterocycles. The number of ether oxygens (including phenoxy) is 1. The van der Waals surface area contributed by atoms with E-state index in [0.717, 1.165) is 11.6 Å². The number of benzene rings is 2. The van der Waals surface area contributed by atoms with Crippen molar-refractivity contribution in [2.45, 2.75) is 19.4 Å². The predicted octanol–water partition coefficient (Wildman–Crippen LogP) is 3.16. The van der Waals surface area contributed by atoms with Crippen LogP contribution in [0.3, 0.4) is 0 Å². The fraction of sp³-hybridized carbons (Fsp3) is 0.150. The monoisotopic (exact) mass is 368 g/mol. The van der Waals surface area contributed by atoms with Gasteiger partial charge in [-0.2, -0.15) is 0 Å². The lowest BCUT2D eigenvalue weighted by Crippen LogP contribution is -2.13. The van der Waals surface area contributed by atoms with Crippen molar-refractivity contribution in [2.24, 2.45) is 0 Å². The fourth-order valence-corrected chi connectivity index (χ4v) is 3.16. The molecular formula is C20H16O7. The van der Waals surface area contributed by atoms with Crippen molar-refractivity contribution in [2.75, 3.05) is 0 Å². The highest BCUT2D eigenvalue weighted by molar-refractivity contribution is 5.90. The van der Waals surface area contributed by atoms with Gasteiger partial charge in [0.25, 0.3) is 0 Å². The van der Waals surface area contributed by atoms with Crippen molar-refractivity contribution >= 4 is 11.0 Å². The Morgan fingerprint density at radius 1 is 1.11 bits per heavy atom. The molecular weight excluding hydrogens is 352 g/mol. The van der Waals surface area contributed by atoms with Gasteiger partial charge in [-0.1, -0.05) is 6.58 Å². The first-order valence-electron chi connectivity index (χ1n) is 8.17. The van der Waals surface area contributed by atoms with E-state index >= 15 is 0 Å². The van der Waals surface area contributed by atoms with Crippen molar-refractivity contribution in [3.63, 3.8) is 0 Å². The zero-order valence-electron chi connectivity index (χ0n) is 14.3. The van der Waals surface area contributed by atoms with Gasteiger partial charge in [-0.25, -0.2) is 0 Å². The zero-order chi connectivity index (χ0) is 19.5. The lowest BCUT2D eigenvalue weighted by molar-refractivity contribution is 0.271. The first-order chi connectivity index (χ1) is 12.8. The van der Waals surface area contributed by atoms with Gasteiger partial charge in [0.15, 0.2) is 17.3 Å². The smallest absolute Gasteiger partial charge is 0.238 e. The second-order valence-corrected chi connectivity index (χ2v) is 6.54. The second-order valence-electron chi connectivity index (χ2n) is 6.54. The predicted molar refractivity (Wildman–Crippen MR) is 97.5 cm³/mol. The maximum Gasteiger partial charge on any atom is 0.238 e. The van der Waals surface area contributed by atoms with Crippen LogP contribution in [0.1, 0.15) is 12.5 Å². The lowest BCUT2D eigenvalue weighted by atomic mass is 10.0. The molecule has 4 rings (SSSR count). The molecule has 0 amide bonds. The van der Waals surface area contributed by atoms with Crippen LogP contribution in [0.15, 0.2) is 45.6 Å². The summed E-state index contributed by atoms with van der Waals surface area (Å²) in [6, 6.07) is 5.21. The summed E-state index contributed by atoms with van der Waals surface area (Å²) in [5.41, 5.74) is 0.633. The summed E-state index contributed by atoms with van der Waals surface area (Å²) < 4.78 is 11.4. The number of phenols is 3. The van der Waals surface area contributed by atoms with Gasteiger partial charge in [-0.15, -0.1) is 0 Å². The van der Waals surface area contributed by atoms with E-state index in [1.165, 1.54) is 18.2 Å². The van der Waals surface area contributed by atoms with E-state index in [-0.39, 0.29) is 39.9 Å². The Hall–Kier alpha value is -3.61. The topological polar surface area (TPSA) is 120 Å². The minimum Gasteiger partial charge on any atom is -0.507 e. The molecule has 7 nitrogen and oxygen atoms in total. The molecule has 0 saturated heterocycles. The van der Waals surface area contributed by atoms with E-state index in [9.17, 15) is 25.2 Å². The number of fused-ring (bicyclic) bond motifs is 2. The van der Waals surface area contributed by atoms with Gasteiger partial charge >= 0.3 is 0 Å². The van der Waals surface area contributed by atoms with Gasteiger partial charge in [0.05, 0.1) is 0 Å².